The fraction of sp³-hybridized carbons (Fsp3) is 0.286. The normalized spacial score (nSPS) is 15.1. The van der Waals surface area contributed by atoms with E-state index in [1.54, 1.807) is 6.33 Å². The van der Waals surface area contributed by atoms with Crippen LogP contribution in [0.25, 0.3) is 22.0 Å². The minimum Gasteiger partial charge on any atom is -0.490 e. The third kappa shape index (κ3) is 4.83. The first-order valence-electron chi connectivity index (χ1n) is 11.5. The van der Waals surface area contributed by atoms with E-state index in [9.17, 15) is 4.79 Å². The second-order valence-electron chi connectivity index (χ2n) is 9.03. The number of carbonyl (C=O) groups is 1. The van der Waals surface area contributed by atoms with Gasteiger partial charge in [0.05, 0.1) is 18.2 Å². The first-order chi connectivity index (χ1) is 16.0. The number of carbonyl (C=O) groups excluding carboxylic acids is 1. The van der Waals surface area contributed by atoms with Crippen molar-refractivity contribution in [1.82, 2.24) is 14.5 Å². The maximum absolute atomic E-state index is 13.1. The summed E-state index contributed by atoms with van der Waals surface area (Å²) in [6.07, 6.45) is 6.30. The van der Waals surface area contributed by atoms with Gasteiger partial charge in [-0.1, -0.05) is 42.5 Å². The molecule has 33 heavy (non-hydrogen) atoms. The number of ether oxygens (including phenoxy) is 1. The zero-order valence-electron chi connectivity index (χ0n) is 19.2. The fourth-order valence-electron chi connectivity index (χ4n) is 4.53. The Morgan fingerprint density at radius 1 is 1.00 bits per heavy atom. The van der Waals surface area contributed by atoms with E-state index in [1.807, 2.05) is 48.1 Å². The molecule has 0 unspecified atom stereocenters. The molecule has 1 saturated heterocycles. The Bertz CT molecular complexity index is 1290. The van der Waals surface area contributed by atoms with Crippen LogP contribution in [0, 0.1) is 0 Å². The second-order valence-corrected chi connectivity index (χ2v) is 9.03. The van der Waals surface area contributed by atoms with Crippen molar-refractivity contribution in [3.63, 3.8) is 0 Å². The molecular weight excluding hydrogens is 410 g/mol. The van der Waals surface area contributed by atoms with Gasteiger partial charge in [0.2, 0.25) is 0 Å². The lowest BCUT2D eigenvalue weighted by Gasteiger charge is -2.29. The van der Waals surface area contributed by atoms with Gasteiger partial charge in [0.1, 0.15) is 11.9 Å². The Morgan fingerprint density at radius 3 is 2.61 bits per heavy atom. The molecular formula is C28H29N3O2. The van der Waals surface area contributed by atoms with Crippen LogP contribution in [0.1, 0.15) is 28.8 Å². The van der Waals surface area contributed by atoms with Crippen molar-refractivity contribution in [1.29, 1.82) is 0 Å². The minimum atomic E-state index is 0.103. The summed E-state index contributed by atoms with van der Waals surface area (Å²) in [4.78, 5) is 19.6. The molecule has 0 saturated carbocycles. The highest BCUT2D eigenvalue weighted by molar-refractivity contribution is 5.98. The zero-order chi connectivity index (χ0) is 22.8. The number of hydrogen-bond acceptors (Lipinski definition) is 4. The van der Waals surface area contributed by atoms with Crippen molar-refractivity contribution in [2.75, 3.05) is 20.1 Å². The summed E-state index contributed by atoms with van der Waals surface area (Å²) in [5.74, 6) is 0.890. The van der Waals surface area contributed by atoms with Crippen LogP contribution >= 0.6 is 0 Å². The molecule has 1 aliphatic heterocycles. The molecule has 0 radical (unpaired) electrons. The highest BCUT2D eigenvalue weighted by atomic mass is 16.5. The molecule has 1 fully saturated rings. The lowest BCUT2D eigenvalue weighted by molar-refractivity contribution is 0.0989. The van der Waals surface area contributed by atoms with E-state index >= 15 is 0 Å². The summed E-state index contributed by atoms with van der Waals surface area (Å²) in [6.45, 7) is 2.10. The standard InChI is InChI=1S/C28H29N3O2/c1-30-12-10-25(11-13-30)33-26-5-3-4-23(17-26)28(32)15-20-6-7-21-8-9-22(16-24(21)14-20)27-18-29-19-31(27)2/h3-9,14,16-19,25H,10-13,15H2,1-2H3. The van der Waals surface area contributed by atoms with Crippen molar-refractivity contribution in [2.45, 2.75) is 25.4 Å². The van der Waals surface area contributed by atoms with Crippen LogP contribution in [0.4, 0.5) is 0 Å². The number of likely N-dealkylation sites (tertiary alicyclic amines) is 1. The monoisotopic (exact) mass is 439 g/mol. The van der Waals surface area contributed by atoms with Gasteiger partial charge in [0.25, 0.3) is 0 Å². The average Bonchev–Trinajstić information content (AvgIpc) is 3.26. The molecule has 2 heterocycles. The van der Waals surface area contributed by atoms with Gasteiger partial charge >= 0.3 is 0 Å². The Hall–Kier alpha value is -3.44. The van der Waals surface area contributed by atoms with E-state index in [2.05, 4.69) is 47.3 Å². The Morgan fingerprint density at radius 2 is 1.82 bits per heavy atom. The van der Waals surface area contributed by atoms with E-state index in [0.29, 0.717) is 12.0 Å². The molecule has 5 heteroatoms. The van der Waals surface area contributed by atoms with Gasteiger partial charge in [0, 0.05) is 37.7 Å². The third-order valence-corrected chi connectivity index (χ3v) is 6.51. The van der Waals surface area contributed by atoms with Gasteiger partial charge in [-0.2, -0.15) is 0 Å². The Labute approximate surface area is 194 Å². The zero-order valence-corrected chi connectivity index (χ0v) is 19.2. The van der Waals surface area contributed by atoms with Crippen molar-refractivity contribution < 1.29 is 9.53 Å². The van der Waals surface area contributed by atoms with E-state index in [0.717, 1.165) is 59.3 Å². The molecule has 0 spiro atoms. The maximum Gasteiger partial charge on any atom is 0.167 e. The van der Waals surface area contributed by atoms with E-state index < -0.39 is 0 Å². The lowest BCUT2D eigenvalue weighted by Crippen LogP contribution is -2.35. The largest absolute Gasteiger partial charge is 0.490 e. The summed E-state index contributed by atoms with van der Waals surface area (Å²) in [5, 5.41) is 2.28. The predicted octanol–water partition coefficient (Wildman–Crippen LogP) is 5.14. The molecule has 1 aromatic heterocycles. The van der Waals surface area contributed by atoms with Crippen LogP contribution in [0.3, 0.4) is 0 Å². The van der Waals surface area contributed by atoms with Gasteiger partial charge in [-0.3, -0.25) is 4.79 Å². The van der Waals surface area contributed by atoms with E-state index in [4.69, 9.17) is 4.74 Å². The molecule has 0 bridgehead atoms. The van der Waals surface area contributed by atoms with Crippen molar-refractivity contribution in [2.24, 2.45) is 7.05 Å². The molecule has 5 rings (SSSR count). The summed E-state index contributed by atoms with van der Waals surface area (Å²) in [6, 6.07) is 20.3. The number of Topliss-reactive ketones (excluding diaryl/α,β-unsaturated/α-hetero) is 1. The smallest absolute Gasteiger partial charge is 0.167 e. The number of benzene rings is 3. The van der Waals surface area contributed by atoms with Crippen LogP contribution in [0.5, 0.6) is 5.75 Å². The molecule has 3 aromatic carbocycles. The first-order valence-corrected chi connectivity index (χ1v) is 11.5. The molecule has 0 N–H and O–H groups in total. The number of hydrogen-bond donors (Lipinski definition) is 0. The van der Waals surface area contributed by atoms with Gasteiger partial charge in [0.15, 0.2) is 5.78 Å². The van der Waals surface area contributed by atoms with Crippen molar-refractivity contribution in [3.8, 4) is 17.0 Å². The van der Waals surface area contributed by atoms with E-state index in [1.165, 1.54) is 0 Å². The number of ketones is 1. The Kier molecular flexibility index (Phi) is 5.97. The van der Waals surface area contributed by atoms with Gasteiger partial charge in [-0.15, -0.1) is 0 Å². The molecule has 168 valence electrons. The van der Waals surface area contributed by atoms with Crippen molar-refractivity contribution in [3.05, 3.63) is 84.3 Å². The molecule has 0 amide bonds. The third-order valence-electron chi connectivity index (χ3n) is 6.51. The highest BCUT2D eigenvalue weighted by Gasteiger charge is 2.18. The number of nitrogens with zero attached hydrogens (tertiary/aromatic N) is 3. The van der Waals surface area contributed by atoms with Crippen LogP contribution in [0.15, 0.2) is 73.2 Å². The fourth-order valence-corrected chi connectivity index (χ4v) is 4.53. The van der Waals surface area contributed by atoms with Crippen LogP contribution in [-0.4, -0.2) is 46.5 Å². The molecule has 4 aromatic rings. The Balaban J connectivity index is 1.32. The average molecular weight is 440 g/mol. The number of aromatic nitrogens is 2. The van der Waals surface area contributed by atoms with Crippen LogP contribution < -0.4 is 4.74 Å². The topological polar surface area (TPSA) is 47.4 Å². The number of fused-ring (bicyclic) bond motifs is 1. The maximum atomic E-state index is 13.1. The van der Waals surface area contributed by atoms with Gasteiger partial charge in [-0.05, 0) is 54.4 Å². The van der Waals surface area contributed by atoms with Crippen LogP contribution in [-0.2, 0) is 13.5 Å². The molecule has 5 nitrogen and oxygen atoms in total. The number of rotatable bonds is 6. The van der Waals surface area contributed by atoms with Crippen molar-refractivity contribution >= 4 is 16.6 Å². The van der Waals surface area contributed by atoms with E-state index in [-0.39, 0.29) is 11.9 Å². The first kappa shape index (κ1) is 21.4. The quantitative estimate of drug-likeness (QED) is 0.391. The highest BCUT2D eigenvalue weighted by Crippen LogP contribution is 2.26. The summed E-state index contributed by atoms with van der Waals surface area (Å²) in [7, 11) is 4.13. The van der Waals surface area contributed by atoms with Gasteiger partial charge < -0.3 is 14.2 Å². The number of imidazole rings is 1. The number of aryl methyl sites for hydroxylation is 1. The molecule has 1 aliphatic rings. The summed E-state index contributed by atoms with van der Waals surface area (Å²) >= 11 is 0. The number of piperidine rings is 1. The summed E-state index contributed by atoms with van der Waals surface area (Å²) in [5.41, 5.74) is 3.89. The summed E-state index contributed by atoms with van der Waals surface area (Å²) < 4.78 is 8.18. The second kappa shape index (κ2) is 9.20. The minimum absolute atomic E-state index is 0.103. The molecule has 0 aliphatic carbocycles. The predicted molar refractivity (Wildman–Crippen MR) is 132 cm³/mol. The lowest BCUT2D eigenvalue weighted by atomic mass is 9.98. The van der Waals surface area contributed by atoms with Gasteiger partial charge in [-0.25, -0.2) is 4.98 Å². The van der Waals surface area contributed by atoms with Crippen LogP contribution in [0.2, 0.25) is 0 Å². The SMILES string of the molecule is CN1CCC(Oc2cccc(C(=O)Cc3ccc4ccc(-c5cncn5C)cc4c3)c2)CC1. The molecule has 0 atom stereocenters.